The number of rotatable bonds is 2. The van der Waals surface area contributed by atoms with Crippen LogP contribution in [-0.4, -0.2) is 17.8 Å². The predicted molar refractivity (Wildman–Crippen MR) is 53.6 cm³/mol. The van der Waals surface area contributed by atoms with Crippen molar-refractivity contribution < 1.29 is 12.8 Å². The largest absolute Gasteiger partial charge is 0.304 e. The SMILES string of the molecule is O=S(=O)(Cl)Cc1cn2cccc(F)c2n1. The molecule has 0 bridgehead atoms. The fourth-order valence-electron chi connectivity index (χ4n) is 1.28. The molecule has 15 heavy (non-hydrogen) atoms. The van der Waals surface area contributed by atoms with Crippen LogP contribution in [0.25, 0.3) is 5.65 Å². The van der Waals surface area contributed by atoms with Gasteiger partial charge in [-0.3, -0.25) is 0 Å². The summed E-state index contributed by atoms with van der Waals surface area (Å²) < 4.78 is 36.1. The average molecular weight is 249 g/mol. The van der Waals surface area contributed by atoms with E-state index in [1.165, 1.54) is 22.7 Å². The van der Waals surface area contributed by atoms with E-state index in [0.29, 0.717) is 0 Å². The lowest BCUT2D eigenvalue weighted by Crippen LogP contribution is -1.94. The molecular formula is C8H6ClFN2O2S. The first-order valence-corrected chi connectivity index (χ1v) is 6.48. The minimum Gasteiger partial charge on any atom is -0.304 e. The summed E-state index contributed by atoms with van der Waals surface area (Å²) in [5.74, 6) is -0.911. The van der Waals surface area contributed by atoms with Gasteiger partial charge in [0.15, 0.2) is 11.5 Å². The Labute approximate surface area is 89.7 Å². The van der Waals surface area contributed by atoms with E-state index in [4.69, 9.17) is 10.7 Å². The van der Waals surface area contributed by atoms with Gasteiger partial charge in [-0.05, 0) is 12.1 Å². The molecule has 0 unspecified atom stereocenters. The third kappa shape index (κ3) is 2.27. The summed E-state index contributed by atoms with van der Waals surface area (Å²) in [6.07, 6.45) is 3.01. The lowest BCUT2D eigenvalue weighted by Gasteiger charge is -1.90. The van der Waals surface area contributed by atoms with Gasteiger partial charge in [-0.25, -0.2) is 17.8 Å². The maximum absolute atomic E-state index is 13.2. The number of hydrogen-bond acceptors (Lipinski definition) is 3. The smallest absolute Gasteiger partial charge is 0.238 e. The van der Waals surface area contributed by atoms with Crippen LogP contribution < -0.4 is 0 Å². The van der Waals surface area contributed by atoms with Crippen molar-refractivity contribution in [1.82, 2.24) is 9.38 Å². The number of aromatic nitrogens is 2. The van der Waals surface area contributed by atoms with E-state index in [0.717, 1.165) is 0 Å². The molecule has 2 rings (SSSR count). The minimum atomic E-state index is -3.66. The normalized spacial score (nSPS) is 12.1. The van der Waals surface area contributed by atoms with E-state index in [9.17, 15) is 12.8 Å². The van der Waals surface area contributed by atoms with Crippen LogP contribution in [-0.2, 0) is 14.8 Å². The van der Waals surface area contributed by atoms with Gasteiger partial charge in [-0.15, -0.1) is 0 Å². The first-order chi connectivity index (χ1) is 6.96. The zero-order valence-electron chi connectivity index (χ0n) is 7.39. The van der Waals surface area contributed by atoms with Crippen molar-refractivity contribution in [3.63, 3.8) is 0 Å². The van der Waals surface area contributed by atoms with E-state index in [-0.39, 0.29) is 11.3 Å². The van der Waals surface area contributed by atoms with E-state index in [1.54, 1.807) is 6.20 Å². The van der Waals surface area contributed by atoms with Crippen molar-refractivity contribution >= 4 is 25.4 Å². The summed E-state index contributed by atoms with van der Waals surface area (Å²) >= 11 is 0. The fraction of sp³-hybridized carbons (Fsp3) is 0.125. The third-order valence-corrected chi connectivity index (χ3v) is 2.77. The summed E-state index contributed by atoms with van der Waals surface area (Å²) in [4.78, 5) is 3.82. The first-order valence-electron chi connectivity index (χ1n) is 4.00. The molecule has 80 valence electrons. The molecule has 7 heteroatoms. The van der Waals surface area contributed by atoms with E-state index in [1.807, 2.05) is 0 Å². The standard InChI is InChI=1S/C8H6ClFN2O2S/c9-15(13,14)5-6-4-12-3-1-2-7(10)8(12)11-6/h1-4H,5H2. The van der Waals surface area contributed by atoms with Crippen molar-refractivity contribution in [2.45, 2.75) is 5.75 Å². The lowest BCUT2D eigenvalue weighted by atomic mass is 10.4. The van der Waals surface area contributed by atoms with Gasteiger partial charge in [0.2, 0.25) is 9.05 Å². The van der Waals surface area contributed by atoms with Crippen LogP contribution in [0.4, 0.5) is 4.39 Å². The molecular weight excluding hydrogens is 243 g/mol. The molecule has 0 fully saturated rings. The molecule has 0 aliphatic heterocycles. The van der Waals surface area contributed by atoms with Crippen LogP contribution in [0, 0.1) is 5.82 Å². The molecule has 0 aliphatic rings. The zero-order valence-corrected chi connectivity index (χ0v) is 8.96. The molecule has 0 saturated carbocycles. The topological polar surface area (TPSA) is 51.4 Å². The van der Waals surface area contributed by atoms with E-state index >= 15 is 0 Å². The monoisotopic (exact) mass is 248 g/mol. The second kappa shape index (κ2) is 3.46. The molecule has 0 aliphatic carbocycles. The van der Waals surface area contributed by atoms with Gasteiger partial charge < -0.3 is 4.40 Å². The third-order valence-electron chi connectivity index (χ3n) is 1.81. The van der Waals surface area contributed by atoms with Gasteiger partial charge in [0, 0.05) is 23.1 Å². The zero-order chi connectivity index (χ0) is 11.1. The summed E-state index contributed by atoms with van der Waals surface area (Å²) in [6.45, 7) is 0. The Morgan fingerprint density at radius 2 is 2.27 bits per heavy atom. The Bertz CT molecular complexity index is 608. The second-order valence-corrected chi connectivity index (χ2v) is 5.78. The fourth-order valence-corrected chi connectivity index (χ4v) is 2.10. The van der Waals surface area contributed by atoms with Gasteiger partial charge in [-0.2, -0.15) is 0 Å². The number of imidazole rings is 1. The minimum absolute atomic E-state index is 0.0906. The number of nitrogens with zero attached hydrogens (tertiary/aromatic N) is 2. The molecule has 2 aromatic rings. The van der Waals surface area contributed by atoms with Crippen LogP contribution >= 0.6 is 10.7 Å². The Morgan fingerprint density at radius 3 is 2.87 bits per heavy atom. The van der Waals surface area contributed by atoms with Crippen molar-refractivity contribution in [3.8, 4) is 0 Å². The van der Waals surface area contributed by atoms with Gasteiger partial charge in [-0.1, -0.05) is 0 Å². The summed E-state index contributed by atoms with van der Waals surface area (Å²) in [5.41, 5.74) is 0.308. The highest BCUT2D eigenvalue weighted by Crippen LogP contribution is 2.13. The summed E-state index contributed by atoms with van der Waals surface area (Å²) in [5, 5.41) is 0. The lowest BCUT2D eigenvalue weighted by molar-refractivity contribution is 0.608. The van der Waals surface area contributed by atoms with Gasteiger partial charge >= 0.3 is 0 Å². The molecule has 0 saturated heterocycles. The molecule has 4 nitrogen and oxygen atoms in total. The summed E-state index contributed by atoms with van der Waals surface area (Å²) in [6, 6.07) is 2.75. The van der Waals surface area contributed by atoms with Crippen LogP contribution in [0.5, 0.6) is 0 Å². The molecule has 0 radical (unpaired) electrons. The Morgan fingerprint density at radius 1 is 1.53 bits per heavy atom. The molecule has 0 atom stereocenters. The van der Waals surface area contributed by atoms with Crippen molar-refractivity contribution in [3.05, 3.63) is 36.0 Å². The number of hydrogen-bond donors (Lipinski definition) is 0. The highest BCUT2D eigenvalue weighted by atomic mass is 35.7. The first kappa shape index (κ1) is 10.4. The molecule has 0 aromatic carbocycles. The van der Waals surface area contributed by atoms with Crippen molar-refractivity contribution in [2.75, 3.05) is 0 Å². The molecule has 0 spiro atoms. The predicted octanol–water partition coefficient (Wildman–Crippen LogP) is 1.54. The second-order valence-electron chi connectivity index (χ2n) is 3.00. The van der Waals surface area contributed by atoms with Crippen molar-refractivity contribution in [1.29, 1.82) is 0 Å². The molecule has 2 aromatic heterocycles. The number of halogens is 2. The highest BCUT2D eigenvalue weighted by Gasteiger charge is 2.12. The number of fused-ring (bicyclic) bond motifs is 1. The van der Waals surface area contributed by atoms with Gasteiger partial charge in [0.25, 0.3) is 0 Å². The van der Waals surface area contributed by atoms with Crippen LogP contribution in [0.1, 0.15) is 5.69 Å². The van der Waals surface area contributed by atoms with E-state index < -0.39 is 20.6 Å². The quantitative estimate of drug-likeness (QED) is 0.758. The van der Waals surface area contributed by atoms with Crippen LogP contribution in [0.2, 0.25) is 0 Å². The maximum Gasteiger partial charge on any atom is 0.238 e. The van der Waals surface area contributed by atoms with Gasteiger partial charge in [0.05, 0.1) is 5.69 Å². The average Bonchev–Trinajstić information content (AvgIpc) is 2.45. The Kier molecular flexibility index (Phi) is 2.40. The Balaban J connectivity index is 2.53. The Hall–Kier alpha value is -1.14. The molecule has 0 amide bonds. The molecule has 0 N–H and O–H groups in total. The van der Waals surface area contributed by atoms with Crippen LogP contribution in [0.3, 0.4) is 0 Å². The van der Waals surface area contributed by atoms with Crippen LogP contribution in [0.15, 0.2) is 24.5 Å². The highest BCUT2D eigenvalue weighted by molar-refractivity contribution is 8.13. The number of pyridine rings is 1. The maximum atomic E-state index is 13.2. The van der Waals surface area contributed by atoms with E-state index in [2.05, 4.69) is 4.98 Å². The van der Waals surface area contributed by atoms with Crippen molar-refractivity contribution in [2.24, 2.45) is 0 Å². The van der Waals surface area contributed by atoms with Gasteiger partial charge in [0.1, 0.15) is 5.75 Å². The summed E-state index contributed by atoms with van der Waals surface area (Å²) in [7, 11) is 1.40. The molecule has 2 heterocycles.